The van der Waals surface area contributed by atoms with E-state index in [2.05, 4.69) is 10.3 Å². The van der Waals surface area contributed by atoms with Gasteiger partial charge in [-0.05, 0) is 24.1 Å². The Bertz CT molecular complexity index is 537. The summed E-state index contributed by atoms with van der Waals surface area (Å²) in [7, 11) is 0. The highest BCUT2D eigenvalue weighted by molar-refractivity contribution is 5.81. The minimum atomic E-state index is -0.595. The number of rotatable bonds is 6. The summed E-state index contributed by atoms with van der Waals surface area (Å²) < 4.78 is 1.88. The first-order chi connectivity index (χ1) is 9.65. The maximum Gasteiger partial charge on any atom is 0.237 e. The fraction of sp³-hybridized carbons (Fsp3) is 0.286. The van der Waals surface area contributed by atoms with E-state index in [0.717, 1.165) is 5.56 Å². The van der Waals surface area contributed by atoms with Crippen LogP contribution in [0.15, 0.2) is 43.0 Å². The summed E-state index contributed by atoms with van der Waals surface area (Å²) in [6.07, 6.45) is 5.67. The van der Waals surface area contributed by atoms with Crippen LogP contribution < -0.4 is 11.1 Å². The molecule has 0 spiro atoms. The topological polar surface area (TPSA) is 93.2 Å². The molecule has 0 bridgehead atoms. The molecule has 0 fully saturated rings. The van der Waals surface area contributed by atoms with Crippen molar-refractivity contribution in [2.45, 2.75) is 19.0 Å². The Kier molecular flexibility index (Phi) is 4.73. The predicted octanol–water partition coefficient (Wildman–Crippen LogP) is 0.275. The summed E-state index contributed by atoms with van der Waals surface area (Å²) in [5, 5.41) is 12.0. The maximum atomic E-state index is 11.8. The number of carbonyl (C=O) groups is 1. The maximum absolute atomic E-state index is 11.8. The van der Waals surface area contributed by atoms with Crippen LogP contribution in [0.1, 0.15) is 5.56 Å². The van der Waals surface area contributed by atoms with Crippen LogP contribution in [0, 0.1) is 0 Å². The monoisotopic (exact) mass is 274 g/mol. The highest BCUT2D eigenvalue weighted by Gasteiger charge is 2.13. The van der Waals surface area contributed by atoms with Crippen molar-refractivity contribution in [2.75, 3.05) is 6.54 Å². The molecule has 1 aromatic heterocycles. The van der Waals surface area contributed by atoms with Gasteiger partial charge in [0.2, 0.25) is 5.91 Å². The number of nitrogens with zero attached hydrogens (tertiary/aromatic N) is 2. The first-order valence-corrected chi connectivity index (χ1v) is 6.42. The van der Waals surface area contributed by atoms with Crippen LogP contribution in [0.3, 0.4) is 0 Å². The second-order valence-corrected chi connectivity index (χ2v) is 4.57. The van der Waals surface area contributed by atoms with Gasteiger partial charge in [-0.1, -0.05) is 12.1 Å². The number of hydrogen-bond acceptors (Lipinski definition) is 4. The lowest BCUT2D eigenvalue weighted by molar-refractivity contribution is -0.122. The number of aromatic nitrogens is 2. The van der Waals surface area contributed by atoms with E-state index >= 15 is 0 Å². The molecule has 0 radical (unpaired) electrons. The molecule has 106 valence electrons. The third-order valence-corrected chi connectivity index (χ3v) is 2.96. The number of phenolic OH excluding ortho intramolecular Hbond substituents is 1. The molecule has 2 rings (SSSR count). The van der Waals surface area contributed by atoms with Crippen LogP contribution in [0.2, 0.25) is 0 Å². The van der Waals surface area contributed by atoms with Gasteiger partial charge in [-0.15, -0.1) is 0 Å². The van der Waals surface area contributed by atoms with E-state index < -0.39 is 6.04 Å². The van der Waals surface area contributed by atoms with Gasteiger partial charge in [-0.2, -0.15) is 0 Å². The van der Waals surface area contributed by atoms with Crippen molar-refractivity contribution in [1.82, 2.24) is 14.9 Å². The average Bonchev–Trinajstić information content (AvgIpc) is 2.94. The third-order valence-electron chi connectivity index (χ3n) is 2.96. The van der Waals surface area contributed by atoms with Crippen molar-refractivity contribution in [3.8, 4) is 5.75 Å². The van der Waals surface area contributed by atoms with E-state index in [1.807, 2.05) is 10.8 Å². The van der Waals surface area contributed by atoms with Crippen molar-refractivity contribution in [1.29, 1.82) is 0 Å². The van der Waals surface area contributed by atoms with Crippen LogP contribution in [0.4, 0.5) is 0 Å². The van der Waals surface area contributed by atoms with Gasteiger partial charge in [0, 0.05) is 25.5 Å². The zero-order valence-corrected chi connectivity index (χ0v) is 11.1. The Balaban J connectivity index is 1.75. The van der Waals surface area contributed by atoms with Crippen LogP contribution in [-0.4, -0.2) is 33.2 Å². The van der Waals surface area contributed by atoms with Crippen LogP contribution in [-0.2, 0) is 17.8 Å². The number of hydrogen-bond donors (Lipinski definition) is 3. The van der Waals surface area contributed by atoms with Gasteiger partial charge in [0.25, 0.3) is 0 Å². The molecule has 0 aliphatic rings. The van der Waals surface area contributed by atoms with Crippen LogP contribution in [0.5, 0.6) is 5.75 Å². The fourth-order valence-corrected chi connectivity index (χ4v) is 1.84. The van der Waals surface area contributed by atoms with Crippen LogP contribution in [0.25, 0.3) is 0 Å². The Morgan fingerprint density at radius 1 is 1.40 bits per heavy atom. The first kappa shape index (κ1) is 14.1. The molecule has 0 saturated heterocycles. The lowest BCUT2D eigenvalue weighted by atomic mass is 10.1. The molecule has 6 heteroatoms. The van der Waals surface area contributed by atoms with E-state index in [1.165, 1.54) is 0 Å². The number of carbonyl (C=O) groups excluding carboxylic acids is 1. The molecule has 0 saturated carbocycles. The smallest absolute Gasteiger partial charge is 0.237 e. The van der Waals surface area contributed by atoms with Gasteiger partial charge in [-0.3, -0.25) is 4.79 Å². The number of imidazole rings is 1. The number of benzene rings is 1. The van der Waals surface area contributed by atoms with Crippen molar-refractivity contribution >= 4 is 5.91 Å². The summed E-state index contributed by atoms with van der Waals surface area (Å²) in [6, 6.07) is 6.09. The molecule has 20 heavy (non-hydrogen) atoms. The molecule has 1 aromatic carbocycles. The summed E-state index contributed by atoms with van der Waals surface area (Å²) in [5.74, 6) is 0.0188. The Hall–Kier alpha value is -2.34. The second kappa shape index (κ2) is 6.72. The molecule has 0 aliphatic carbocycles. The molecule has 1 amide bonds. The molecule has 0 unspecified atom stereocenters. The van der Waals surface area contributed by atoms with Crippen molar-refractivity contribution in [3.05, 3.63) is 48.5 Å². The molecule has 2 aromatic rings. The van der Waals surface area contributed by atoms with Crippen LogP contribution >= 0.6 is 0 Å². The van der Waals surface area contributed by atoms with Gasteiger partial charge >= 0.3 is 0 Å². The normalized spacial score (nSPS) is 12.1. The Labute approximate surface area is 117 Å². The van der Waals surface area contributed by atoms with Crippen molar-refractivity contribution in [2.24, 2.45) is 5.73 Å². The highest BCUT2D eigenvalue weighted by atomic mass is 16.3. The van der Waals surface area contributed by atoms with E-state index in [-0.39, 0.29) is 11.7 Å². The molecule has 0 aliphatic heterocycles. The van der Waals surface area contributed by atoms with E-state index in [4.69, 9.17) is 5.73 Å². The van der Waals surface area contributed by atoms with E-state index in [1.54, 1.807) is 36.8 Å². The summed E-state index contributed by atoms with van der Waals surface area (Å²) >= 11 is 0. The van der Waals surface area contributed by atoms with Gasteiger partial charge in [0.1, 0.15) is 5.75 Å². The zero-order chi connectivity index (χ0) is 14.4. The van der Waals surface area contributed by atoms with Gasteiger partial charge < -0.3 is 20.7 Å². The standard InChI is InChI=1S/C14H18N4O2/c15-13(9-11-1-3-12(19)4-2-11)14(20)17-6-8-18-7-5-16-10-18/h1-5,7,10,13,19H,6,8-9,15H2,(H,17,20)/t13-/m0/s1. The van der Waals surface area contributed by atoms with E-state index in [0.29, 0.717) is 19.5 Å². The van der Waals surface area contributed by atoms with E-state index in [9.17, 15) is 9.90 Å². The van der Waals surface area contributed by atoms with Crippen molar-refractivity contribution in [3.63, 3.8) is 0 Å². The highest BCUT2D eigenvalue weighted by Crippen LogP contribution is 2.10. The molecular weight excluding hydrogens is 256 g/mol. The molecular formula is C14H18N4O2. The van der Waals surface area contributed by atoms with Crippen molar-refractivity contribution < 1.29 is 9.90 Å². The fourth-order valence-electron chi connectivity index (χ4n) is 1.84. The molecule has 1 atom stereocenters. The Morgan fingerprint density at radius 2 is 2.15 bits per heavy atom. The lowest BCUT2D eigenvalue weighted by Crippen LogP contribution is -2.43. The lowest BCUT2D eigenvalue weighted by Gasteiger charge is -2.12. The molecule has 1 heterocycles. The minimum absolute atomic E-state index is 0.182. The zero-order valence-electron chi connectivity index (χ0n) is 11.1. The first-order valence-electron chi connectivity index (χ1n) is 6.42. The number of phenols is 1. The summed E-state index contributed by atoms with van der Waals surface area (Å²) in [6.45, 7) is 1.18. The quantitative estimate of drug-likeness (QED) is 0.705. The third kappa shape index (κ3) is 4.10. The second-order valence-electron chi connectivity index (χ2n) is 4.57. The average molecular weight is 274 g/mol. The predicted molar refractivity (Wildman–Crippen MR) is 75.0 cm³/mol. The molecule has 6 nitrogen and oxygen atoms in total. The SMILES string of the molecule is N[C@@H](Cc1ccc(O)cc1)C(=O)NCCn1ccnc1. The molecule has 4 N–H and O–H groups in total. The number of nitrogens with one attached hydrogen (secondary N) is 1. The number of amides is 1. The summed E-state index contributed by atoms with van der Waals surface area (Å²) in [5.41, 5.74) is 6.77. The summed E-state index contributed by atoms with van der Waals surface area (Å²) in [4.78, 5) is 15.8. The van der Waals surface area contributed by atoms with Gasteiger partial charge in [-0.25, -0.2) is 4.98 Å². The minimum Gasteiger partial charge on any atom is -0.508 e. The van der Waals surface area contributed by atoms with Gasteiger partial charge in [0.15, 0.2) is 0 Å². The number of aromatic hydroxyl groups is 1. The Morgan fingerprint density at radius 3 is 2.80 bits per heavy atom. The number of nitrogens with two attached hydrogens (primary N) is 1. The van der Waals surface area contributed by atoms with Gasteiger partial charge in [0.05, 0.1) is 12.4 Å². The largest absolute Gasteiger partial charge is 0.508 e.